The first kappa shape index (κ1) is 28.7. The minimum absolute atomic E-state index is 0.348. The molecule has 4 heteroatoms. The maximum absolute atomic E-state index is 6.51. The number of rotatable bonds is 6. The van der Waals surface area contributed by atoms with E-state index in [0.29, 0.717) is 5.84 Å². The summed E-state index contributed by atoms with van der Waals surface area (Å²) in [6, 6.07) is 61.1. The summed E-state index contributed by atoms with van der Waals surface area (Å²) in [4.78, 5) is 10.1. The normalized spacial score (nSPS) is 14.3. The van der Waals surface area contributed by atoms with Gasteiger partial charge in [-0.25, -0.2) is 9.98 Å². The first-order valence-corrected chi connectivity index (χ1v) is 16.5. The molecule has 1 atom stereocenters. The van der Waals surface area contributed by atoms with E-state index in [1.165, 1.54) is 16.7 Å². The highest BCUT2D eigenvalue weighted by Gasteiger charge is 2.23. The number of amidine groups is 2. The number of benzene rings is 7. The van der Waals surface area contributed by atoms with E-state index in [-0.39, 0.29) is 6.17 Å². The molecule has 0 fully saturated rings. The summed E-state index contributed by atoms with van der Waals surface area (Å²) in [7, 11) is 0. The molecule has 0 saturated carbocycles. The third-order valence-corrected chi connectivity index (χ3v) is 9.18. The molecule has 1 aromatic heterocycles. The number of aliphatic imine (C=N–C) groups is 2. The first-order chi connectivity index (χ1) is 24.3. The van der Waals surface area contributed by atoms with Gasteiger partial charge in [-0.2, -0.15) is 0 Å². The Kier molecular flexibility index (Phi) is 7.17. The Bertz CT molecular complexity index is 2480. The van der Waals surface area contributed by atoms with E-state index >= 15 is 0 Å². The number of furan rings is 1. The number of nitrogens with one attached hydrogen (secondary N) is 1. The molecule has 2 heterocycles. The van der Waals surface area contributed by atoms with Gasteiger partial charge in [0.15, 0.2) is 5.84 Å². The predicted molar refractivity (Wildman–Crippen MR) is 202 cm³/mol. The summed E-state index contributed by atoms with van der Waals surface area (Å²) >= 11 is 0. The molecule has 1 aliphatic heterocycles. The Labute approximate surface area is 284 Å². The van der Waals surface area contributed by atoms with Gasteiger partial charge in [-0.05, 0) is 45.5 Å². The van der Waals surface area contributed by atoms with Crippen molar-refractivity contribution in [3.63, 3.8) is 0 Å². The summed E-state index contributed by atoms with van der Waals surface area (Å²) < 4.78 is 6.51. The van der Waals surface area contributed by atoms with Gasteiger partial charge in [0.2, 0.25) is 0 Å². The molecule has 9 rings (SSSR count). The van der Waals surface area contributed by atoms with Crippen LogP contribution in [0.15, 0.2) is 190 Å². The fourth-order valence-corrected chi connectivity index (χ4v) is 6.66. The second kappa shape index (κ2) is 12.3. The minimum atomic E-state index is -0.348. The van der Waals surface area contributed by atoms with E-state index in [1.54, 1.807) is 0 Å². The molecule has 232 valence electrons. The van der Waals surface area contributed by atoms with Crippen molar-refractivity contribution in [2.24, 2.45) is 9.98 Å². The lowest BCUT2D eigenvalue weighted by Gasteiger charge is -2.23. The summed E-state index contributed by atoms with van der Waals surface area (Å²) in [6.07, 6.45) is -0.348. The van der Waals surface area contributed by atoms with Gasteiger partial charge in [0, 0.05) is 27.5 Å². The standard InChI is InChI=1S/C45H31N3O/c1-4-11-30(12-5-1)32-19-23-34(24-20-32)38-17-10-18-40-42(38)39-28-27-37(29-41(39)49-40)45-47-43(35-15-8-3-9-16-35)46-44(48-45)36-25-21-33(22-26-36)31-13-6-2-7-14-31/h1-29,45H,(H,46,47,48). The summed E-state index contributed by atoms with van der Waals surface area (Å²) in [5, 5.41) is 5.81. The zero-order chi connectivity index (χ0) is 32.6. The highest BCUT2D eigenvalue weighted by atomic mass is 16.3. The zero-order valence-corrected chi connectivity index (χ0v) is 26.6. The average molecular weight is 630 g/mol. The van der Waals surface area contributed by atoms with Crippen molar-refractivity contribution in [3.05, 3.63) is 193 Å². The molecule has 1 N–H and O–H groups in total. The molecule has 49 heavy (non-hydrogen) atoms. The van der Waals surface area contributed by atoms with Crippen LogP contribution in [0.1, 0.15) is 22.9 Å². The van der Waals surface area contributed by atoms with Crippen LogP contribution in [0.3, 0.4) is 0 Å². The van der Waals surface area contributed by atoms with Crippen LogP contribution in [-0.2, 0) is 0 Å². The number of nitrogens with zero attached hydrogens (tertiary/aromatic N) is 2. The first-order valence-electron chi connectivity index (χ1n) is 16.5. The van der Waals surface area contributed by atoms with Gasteiger partial charge in [0.05, 0.1) is 0 Å². The topological polar surface area (TPSA) is 49.9 Å². The molecule has 4 nitrogen and oxygen atoms in total. The maximum Gasteiger partial charge on any atom is 0.159 e. The Hall–Kier alpha value is -6.52. The largest absolute Gasteiger partial charge is 0.456 e. The second-order valence-electron chi connectivity index (χ2n) is 12.2. The Balaban J connectivity index is 1.08. The molecule has 1 unspecified atom stereocenters. The van der Waals surface area contributed by atoms with E-state index in [2.05, 4.69) is 145 Å². The SMILES string of the molecule is c1ccc(C2=NC(c3ccc4c(c3)oc3cccc(-c5ccc(-c6ccccc6)cc5)c34)NC(c3ccc(-c4ccccc4)cc3)=N2)cc1. The van der Waals surface area contributed by atoms with E-state index in [1.807, 2.05) is 36.4 Å². The van der Waals surface area contributed by atoms with Crippen LogP contribution in [0.25, 0.3) is 55.3 Å². The van der Waals surface area contributed by atoms with E-state index in [9.17, 15) is 0 Å². The number of hydrogen-bond acceptors (Lipinski definition) is 4. The van der Waals surface area contributed by atoms with Gasteiger partial charge in [0.25, 0.3) is 0 Å². The van der Waals surface area contributed by atoms with Crippen molar-refractivity contribution in [3.8, 4) is 33.4 Å². The molecular weight excluding hydrogens is 599 g/mol. The maximum atomic E-state index is 6.51. The molecule has 8 aromatic rings. The Morgan fingerprint density at radius 1 is 0.449 bits per heavy atom. The second-order valence-corrected chi connectivity index (χ2v) is 12.2. The van der Waals surface area contributed by atoms with Crippen LogP contribution in [-0.4, -0.2) is 11.7 Å². The molecule has 1 aliphatic rings. The lowest BCUT2D eigenvalue weighted by molar-refractivity contribution is 0.655. The van der Waals surface area contributed by atoms with Crippen LogP contribution in [0.5, 0.6) is 0 Å². The monoisotopic (exact) mass is 629 g/mol. The van der Waals surface area contributed by atoms with Crippen molar-refractivity contribution < 1.29 is 4.42 Å². The summed E-state index contributed by atoms with van der Waals surface area (Å²) in [5.74, 6) is 1.47. The van der Waals surface area contributed by atoms with E-state index in [4.69, 9.17) is 14.4 Å². The van der Waals surface area contributed by atoms with Crippen molar-refractivity contribution in [2.75, 3.05) is 0 Å². The van der Waals surface area contributed by atoms with Gasteiger partial charge in [-0.3, -0.25) is 0 Å². The Morgan fingerprint density at radius 3 is 1.63 bits per heavy atom. The summed E-state index contributed by atoms with van der Waals surface area (Å²) in [6.45, 7) is 0. The molecule has 0 spiro atoms. The van der Waals surface area contributed by atoms with Crippen molar-refractivity contribution >= 4 is 33.6 Å². The average Bonchev–Trinajstić information content (AvgIpc) is 3.57. The van der Waals surface area contributed by atoms with Crippen molar-refractivity contribution in [1.82, 2.24) is 5.32 Å². The smallest absolute Gasteiger partial charge is 0.159 e. The zero-order valence-electron chi connectivity index (χ0n) is 26.6. The predicted octanol–water partition coefficient (Wildman–Crippen LogP) is 11.1. The van der Waals surface area contributed by atoms with Gasteiger partial charge in [-0.15, -0.1) is 0 Å². The molecule has 0 aliphatic carbocycles. The van der Waals surface area contributed by atoms with Crippen LogP contribution < -0.4 is 5.32 Å². The van der Waals surface area contributed by atoms with Gasteiger partial charge in [-0.1, -0.05) is 164 Å². The van der Waals surface area contributed by atoms with Crippen molar-refractivity contribution in [2.45, 2.75) is 6.17 Å². The fourth-order valence-electron chi connectivity index (χ4n) is 6.66. The van der Waals surface area contributed by atoms with Gasteiger partial charge >= 0.3 is 0 Å². The van der Waals surface area contributed by atoms with Crippen LogP contribution >= 0.6 is 0 Å². The molecule has 0 amide bonds. The number of fused-ring (bicyclic) bond motifs is 3. The molecule has 0 radical (unpaired) electrons. The molecule has 7 aromatic carbocycles. The molecule has 0 saturated heterocycles. The van der Waals surface area contributed by atoms with Crippen molar-refractivity contribution in [1.29, 1.82) is 0 Å². The van der Waals surface area contributed by atoms with Crippen LogP contribution in [0, 0.1) is 0 Å². The number of hydrogen-bond donors (Lipinski definition) is 1. The summed E-state index contributed by atoms with van der Waals surface area (Å²) in [5.41, 5.74) is 11.7. The van der Waals surface area contributed by atoms with E-state index < -0.39 is 0 Å². The Morgan fingerprint density at radius 2 is 1.00 bits per heavy atom. The molecular formula is C45H31N3O. The van der Waals surface area contributed by atoms with Crippen LogP contribution in [0.2, 0.25) is 0 Å². The van der Waals surface area contributed by atoms with Crippen LogP contribution in [0.4, 0.5) is 0 Å². The third kappa shape index (κ3) is 5.49. The minimum Gasteiger partial charge on any atom is -0.456 e. The highest BCUT2D eigenvalue weighted by Crippen LogP contribution is 2.38. The lowest BCUT2D eigenvalue weighted by atomic mass is 9.96. The molecule has 0 bridgehead atoms. The highest BCUT2D eigenvalue weighted by molar-refractivity contribution is 6.14. The third-order valence-electron chi connectivity index (χ3n) is 9.18. The quantitative estimate of drug-likeness (QED) is 0.199. The van der Waals surface area contributed by atoms with Gasteiger partial charge < -0.3 is 9.73 Å². The fraction of sp³-hybridized carbons (Fsp3) is 0.0222. The van der Waals surface area contributed by atoms with E-state index in [0.717, 1.165) is 61.2 Å². The van der Waals surface area contributed by atoms with Gasteiger partial charge in [0.1, 0.15) is 23.2 Å². The lowest BCUT2D eigenvalue weighted by Crippen LogP contribution is -2.33.